The Kier molecular flexibility index (Phi) is 2.48. The molecule has 4 aliphatic carbocycles. The van der Waals surface area contributed by atoms with Gasteiger partial charge in [0, 0.05) is 5.92 Å². The fraction of sp³-hybridized carbons (Fsp3) is 0.933. The Labute approximate surface area is 108 Å². The standard InChI is InChI=1S/C15H23NO2/c17-11-4-2-1-3-10(11)16-15(18)14-12-8-5-6-9(7-8)13(12)14/h8-14,17H,1-7H2,(H,16,18)/t8?,9?,10-,11-,12?,13?,14?/m1/s1. The fourth-order valence-corrected chi connectivity index (χ4v) is 5.23. The molecule has 0 aliphatic heterocycles. The number of fused-ring (bicyclic) bond motifs is 5. The molecule has 0 spiro atoms. The summed E-state index contributed by atoms with van der Waals surface area (Å²) in [5.74, 6) is 3.70. The van der Waals surface area contributed by atoms with E-state index in [4.69, 9.17) is 0 Å². The predicted molar refractivity (Wildman–Crippen MR) is 67.7 cm³/mol. The summed E-state index contributed by atoms with van der Waals surface area (Å²) >= 11 is 0. The molecule has 0 heterocycles. The summed E-state index contributed by atoms with van der Waals surface area (Å²) in [6.07, 6.45) is 7.87. The van der Waals surface area contributed by atoms with Gasteiger partial charge in [0.2, 0.25) is 5.91 Å². The molecule has 0 radical (unpaired) electrons. The summed E-state index contributed by atoms with van der Waals surface area (Å²) in [6, 6.07) is 0.0326. The molecule has 0 aromatic rings. The van der Waals surface area contributed by atoms with Crippen molar-refractivity contribution in [1.29, 1.82) is 0 Å². The van der Waals surface area contributed by atoms with E-state index >= 15 is 0 Å². The molecule has 2 N–H and O–H groups in total. The summed E-state index contributed by atoms with van der Waals surface area (Å²) < 4.78 is 0. The van der Waals surface area contributed by atoms with Gasteiger partial charge in [-0.15, -0.1) is 0 Å². The molecule has 4 rings (SSSR count). The maximum Gasteiger partial charge on any atom is 0.224 e. The van der Waals surface area contributed by atoms with Gasteiger partial charge in [-0.1, -0.05) is 12.8 Å². The van der Waals surface area contributed by atoms with E-state index in [9.17, 15) is 9.90 Å². The van der Waals surface area contributed by atoms with Crippen LogP contribution in [0.1, 0.15) is 44.9 Å². The van der Waals surface area contributed by atoms with Crippen LogP contribution in [0.2, 0.25) is 0 Å². The van der Waals surface area contributed by atoms with E-state index in [0.717, 1.165) is 37.5 Å². The molecule has 4 saturated carbocycles. The van der Waals surface area contributed by atoms with Crippen LogP contribution in [-0.2, 0) is 4.79 Å². The SMILES string of the molecule is O=C(N[C@@H]1CCCC[C@H]1O)C1C2C3CCC(C3)C12. The number of nitrogens with one attached hydrogen (secondary N) is 1. The average molecular weight is 249 g/mol. The van der Waals surface area contributed by atoms with Gasteiger partial charge in [-0.05, 0) is 55.8 Å². The van der Waals surface area contributed by atoms with Crippen molar-refractivity contribution in [2.75, 3.05) is 0 Å². The molecule has 4 fully saturated rings. The highest BCUT2D eigenvalue weighted by atomic mass is 16.3. The van der Waals surface area contributed by atoms with E-state index in [1.165, 1.54) is 19.3 Å². The van der Waals surface area contributed by atoms with Crippen LogP contribution in [0, 0.1) is 29.6 Å². The lowest BCUT2D eigenvalue weighted by Gasteiger charge is -2.28. The van der Waals surface area contributed by atoms with E-state index < -0.39 is 0 Å². The number of aliphatic hydroxyl groups is 1. The van der Waals surface area contributed by atoms with Crippen LogP contribution in [0.5, 0.6) is 0 Å². The minimum Gasteiger partial charge on any atom is -0.391 e. The highest BCUT2D eigenvalue weighted by Crippen LogP contribution is 2.69. The maximum absolute atomic E-state index is 12.3. The summed E-state index contributed by atoms with van der Waals surface area (Å²) in [5.41, 5.74) is 0. The summed E-state index contributed by atoms with van der Waals surface area (Å²) in [4.78, 5) is 12.3. The van der Waals surface area contributed by atoms with Gasteiger partial charge in [0.05, 0.1) is 12.1 Å². The molecule has 0 aromatic heterocycles. The number of hydrogen-bond acceptors (Lipinski definition) is 2. The smallest absolute Gasteiger partial charge is 0.224 e. The topological polar surface area (TPSA) is 49.3 Å². The van der Waals surface area contributed by atoms with Gasteiger partial charge >= 0.3 is 0 Å². The lowest BCUT2D eigenvalue weighted by Crippen LogP contribution is -2.46. The zero-order chi connectivity index (χ0) is 12.3. The monoisotopic (exact) mass is 249 g/mol. The fourth-order valence-electron chi connectivity index (χ4n) is 5.23. The van der Waals surface area contributed by atoms with E-state index in [2.05, 4.69) is 5.32 Å². The number of rotatable bonds is 2. The molecule has 1 amide bonds. The van der Waals surface area contributed by atoms with Crippen LogP contribution in [0.25, 0.3) is 0 Å². The normalized spacial score (nSPS) is 53.1. The molecular weight excluding hydrogens is 226 g/mol. The zero-order valence-electron chi connectivity index (χ0n) is 10.8. The second-order valence-electron chi connectivity index (χ2n) is 6.98. The lowest BCUT2D eigenvalue weighted by molar-refractivity contribution is -0.125. The third-order valence-corrected chi connectivity index (χ3v) is 6.10. The van der Waals surface area contributed by atoms with Gasteiger partial charge in [-0.2, -0.15) is 0 Å². The Morgan fingerprint density at radius 1 is 1.00 bits per heavy atom. The maximum atomic E-state index is 12.3. The molecule has 3 heteroatoms. The Morgan fingerprint density at radius 3 is 2.33 bits per heavy atom. The molecule has 3 nitrogen and oxygen atoms in total. The van der Waals surface area contributed by atoms with Gasteiger partial charge in [-0.25, -0.2) is 0 Å². The van der Waals surface area contributed by atoms with Crippen molar-refractivity contribution in [3.05, 3.63) is 0 Å². The summed E-state index contributed by atoms with van der Waals surface area (Å²) in [5, 5.41) is 13.1. The van der Waals surface area contributed by atoms with Gasteiger partial charge in [0.1, 0.15) is 0 Å². The largest absolute Gasteiger partial charge is 0.391 e. The van der Waals surface area contributed by atoms with E-state index in [0.29, 0.717) is 17.8 Å². The first-order valence-corrected chi connectivity index (χ1v) is 7.74. The van der Waals surface area contributed by atoms with Crippen LogP contribution in [0.15, 0.2) is 0 Å². The Hall–Kier alpha value is -0.570. The van der Waals surface area contributed by atoms with Crippen molar-refractivity contribution in [2.45, 2.75) is 57.1 Å². The number of carbonyl (C=O) groups is 1. The van der Waals surface area contributed by atoms with E-state index in [-0.39, 0.29) is 18.1 Å². The Morgan fingerprint density at radius 2 is 1.67 bits per heavy atom. The van der Waals surface area contributed by atoms with Crippen molar-refractivity contribution in [1.82, 2.24) is 5.32 Å². The molecule has 0 aromatic carbocycles. The van der Waals surface area contributed by atoms with Crippen LogP contribution < -0.4 is 5.32 Å². The minimum absolute atomic E-state index is 0.0326. The second kappa shape index (κ2) is 3.96. The molecule has 0 saturated heterocycles. The lowest BCUT2D eigenvalue weighted by atomic mass is 9.92. The van der Waals surface area contributed by atoms with Crippen molar-refractivity contribution >= 4 is 5.91 Å². The molecule has 4 unspecified atom stereocenters. The number of hydrogen-bond donors (Lipinski definition) is 2. The van der Waals surface area contributed by atoms with Crippen molar-refractivity contribution in [2.24, 2.45) is 29.6 Å². The highest BCUT2D eigenvalue weighted by Gasteiger charge is 2.67. The quantitative estimate of drug-likeness (QED) is 0.782. The molecule has 4 aliphatic rings. The van der Waals surface area contributed by atoms with E-state index in [1.807, 2.05) is 0 Å². The van der Waals surface area contributed by atoms with Gasteiger partial charge in [0.15, 0.2) is 0 Å². The van der Waals surface area contributed by atoms with Crippen LogP contribution >= 0.6 is 0 Å². The van der Waals surface area contributed by atoms with Crippen molar-refractivity contribution in [3.8, 4) is 0 Å². The number of aliphatic hydroxyl groups excluding tert-OH is 1. The minimum atomic E-state index is -0.307. The Bertz CT molecular complexity index is 354. The molecule has 2 bridgehead atoms. The zero-order valence-corrected chi connectivity index (χ0v) is 10.8. The number of carbonyl (C=O) groups excluding carboxylic acids is 1. The second-order valence-corrected chi connectivity index (χ2v) is 6.98. The molecule has 100 valence electrons. The third kappa shape index (κ3) is 1.56. The first-order chi connectivity index (χ1) is 8.75. The Balaban J connectivity index is 1.38. The average Bonchev–Trinajstić information content (AvgIpc) is 2.82. The summed E-state index contributed by atoms with van der Waals surface area (Å²) in [6.45, 7) is 0. The first-order valence-electron chi connectivity index (χ1n) is 7.74. The van der Waals surface area contributed by atoms with Crippen LogP contribution in [0.4, 0.5) is 0 Å². The predicted octanol–water partition coefficient (Wildman–Crippen LogP) is 1.70. The van der Waals surface area contributed by atoms with Crippen molar-refractivity contribution in [3.63, 3.8) is 0 Å². The van der Waals surface area contributed by atoms with Gasteiger partial charge in [0.25, 0.3) is 0 Å². The number of amides is 1. The van der Waals surface area contributed by atoms with Crippen LogP contribution in [-0.4, -0.2) is 23.2 Å². The molecule has 18 heavy (non-hydrogen) atoms. The first kappa shape index (κ1) is 11.3. The van der Waals surface area contributed by atoms with Crippen LogP contribution in [0.3, 0.4) is 0 Å². The van der Waals surface area contributed by atoms with Crippen molar-refractivity contribution < 1.29 is 9.90 Å². The van der Waals surface area contributed by atoms with Gasteiger partial charge < -0.3 is 10.4 Å². The highest BCUT2D eigenvalue weighted by molar-refractivity contribution is 5.83. The van der Waals surface area contributed by atoms with E-state index in [1.54, 1.807) is 0 Å². The third-order valence-electron chi connectivity index (χ3n) is 6.10. The molecule has 6 atom stereocenters. The molecular formula is C15H23NO2. The summed E-state index contributed by atoms with van der Waals surface area (Å²) in [7, 11) is 0. The van der Waals surface area contributed by atoms with Gasteiger partial charge in [-0.3, -0.25) is 4.79 Å².